The second kappa shape index (κ2) is 7.91. The van der Waals surface area contributed by atoms with E-state index in [4.69, 9.17) is 0 Å². The number of hydrogen-bond acceptors (Lipinski definition) is 5. The maximum absolute atomic E-state index is 11.6. The summed E-state index contributed by atoms with van der Waals surface area (Å²) in [6.07, 6.45) is 4.59. The summed E-state index contributed by atoms with van der Waals surface area (Å²) in [5, 5.41) is 8.34. The Morgan fingerprint density at radius 3 is 2.90 bits per heavy atom. The number of hydrogen-bond donors (Lipinski definition) is 2. The van der Waals surface area contributed by atoms with Crippen molar-refractivity contribution in [2.45, 2.75) is 13.0 Å². The Hall–Kier alpha value is -2.54. The number of hydrazone groups is 1. The van der Waals surface area contributed by atoms with Gasteiger partial charge >= 0.3 is 0 Å². The number of aromatic nitrogens is 1. The largest absolute Gasteiger partial charge is 0.352 e. The minimum atomic E-state index is -0.452. The maximum atomic E-state index is 11.6. The summed E-state index contributed by atoms with van der Waals surface area (Å²) in [5.41, 5.74) is 3.19. The standard InChI is InChI=1S/C14H14N4O2S/c19-13(16-9-11-3-1-5-15-8-11)7-14(20)18-17-10-12-4-2-6-21-12/h1-6,8,10H,7,9H2,(H,16,19)(H,18,20)/b17-10-. The second-order valence-corrected chi connectivity index (χ2v) is 5.10. The molecule has 0 atom stereocenters. The molecule has 6 nitrogen and oxygen atoms in total. The summed E-state index contributed by atoms with van der Waals surface area (Å²) in [6, 6.07) is 7.40. The number of carbonyl (C=O) groups excluding carboxylic acids is 2. The molecule has 7 heteroatoms. The Bertz CT molecular complexity index is 611. The van der Waals surface area contributed by atoms with Crippen molar-refractivity contribution < 1.29 is 9.59 Å². The molecule has 0 unspecified atom stereocenters. The number of thiophene rings is 1. The molecule has 0 saturated carbocycles. The summed E-state index contributed by atoms with van der Waals surface area (Å²) in [6.45, 7) is 0.346. The first kappa shape index (κ1) is 14.9. The molecule has 2 amide bonds. The fourth-order valence-electron chi connectivity index (χ4n) is 1.48. The van der Waals surface area contributed by atoms with E-state index in [0.29, 0.717) is 6.54 Å². The van der Waals surface area contributed by atoms with Crippen molar-refractivity contribution in [2.24, 2.45) is 5.10 Å². The van der Waals surface area contributed by atoms with Crippen molar-refractivity contribution in [3.63, 3.8) is 0 Å². The van der Waals surface area contributed by atoms with Crippen molar-refractivity contribution in [1.82, 2.24) is 15.7 Å². The molecule has 0 saturated heterocycles. The molecule has 0 aromatic carbocycles. The van der Waals surface area contributed by atoms with Crippen LogP contribution in [0.5, 0.6) is 0 Å². The summed E-state index contributed by atoms with van der Waals surface area (Å²) >= 11 is 1.51. The molecule has 2 aromatic heterocycles. The van der Waals surface area contributed by atoms with Gasteiger partial charge in [0.15, 0.2) is 0 Å². The van der Waals surface area contributed by atoms with Crippen LogP contribution in [0.15, 0.2) is 47.1 Å². The van der Waals surface area contributed by atoms with Gasteiger partial charge in [0.1, 0.15) is 6.42 Å². The molecule has 0 radical (unpaired) electrons. The molecule has 2 rings (SSSR count). The van der Waals surface area contributed by atoms with Crippen molar-refractivity contribution in [2.75, 3.05) is 0 Å². The lowest BCUT2D eigenvalue weighted by atomic mass is 10.3. The van der Waals surface area contributed by atoms with Crippen LogP contribution >= 0.6 is 11.3 Å². The number of rotatable bonds is 6. The molecule has 21 heavy (non-hydrogen) atoms. The van der Waals surface area contributed by atoms with Gasteiger partial charge in [-0.3, -0.25) is 14.6 Å². The third kappa shape index (κ3) is 5.53. The minimum absolute atomic E-state index is 0.262. The van der Waals surface area contributed by atoms with Gasteiger partial charge in [0.2, 0.25) is 11.8 Å². The van der Waals surface area contributed by atoms with E-state index in [0.717, 1.165) is 10.4 Å². The molecule has 0 aliphatic heterocycles. The van der Waals surface area contributed by atoms with E-state index in [9.17, 15) is 9.59 Å². The van der Waals surface area contributed by atoms with Gasteiger partial charge in [0.25, 0.3) is 0 Å². The minimum Gasteiger partial charge on any atom is -0.352 e. The number of amides is 2. The van der Waals surface area contributed by atoms with Crippen molar-refractivity contribution >= 4 is 29.4 Å². The molecule has 0 spiro atoms. The molecule has 2 N–H and O–H groups in total. The second-order valence-electron chi connectivity index (χ2n) is 4.12. The lowest BCUT2D eigenvalue weighted by molar-refractivity contribution is -0.129. The van der Waals surface area contributed by atoms with Gasteiger partial charge in [-0.15, -0.1) is 11.3 Å². The van der Waals surface area contributed by atoms with E-state index >= 15 is 0 Å². The zero-order chi connectivity index (χ0) is 14.9. The van der Waals surface area contributed by atoms with Crippen LogP contribution < -0.4 is 10.7 Å². The highest BCUT2D eigenvalue weighted by Gasteiger charge is 2.08. The third-order valence-electron chi connectivity index (χ3n) is 2.46. The highest BCUT2D eigenvalue weighted by molar-refractivity contribution is 7.11. The van der Waals surface area contributed by atoms with Gasteiger partial charge in [-0.25, -0.2) is 5.43 Å². The van der Waals surface area contributed by atoms with E-state index in [-0.39, 0.29) is 12.3 Å². The van der Waals surface area contributed by atoms with E-state index in [1.165, 1.54) is 17.6 Å². The van der Waals surface area contributed by atoms with Crippen LogP contribution in [0, 0.1) is 0 Å². The van der Waals surface area contributed by atoms with Gasteiger partial charge < -0.3 is 5.32 Å². The molecule has 2 heterocycles. The van der Waals surface area contributed by atoms with Crippen LogP contribution in [0.2, 0.25) is 0 Å². The molecule has 0 bridgehead atoms. The normalized spacial score (nSPS) is 10.5. The molecule has 0 aliphatic rings. The van der Waals surface area contributed by atoms with Gasteiger partial charge in [-0.1, -0.05) is 12.1 Å². The summed E-state index contributed by atoms with van der Waals surface area (Å²) in [4.78, 5) is 27.9. The average Bonchev–Trinajstić information content (AvgIpc) is 2.99. The third-order valence-corrected chi connectivity index (χ3v) is 3.26. The van der Waals surface area contributed by atoms with Crippen LogP contribution in [-0.4, -0.2) is 23.0 Å². The molecular formula is C14H14N4O2S. The SMILES string of the molecule is O=C(CC(=O)N/N=C\c1cccs1)NCc1cccnc1. The first-order valence-electron chi connectivity index (χ1n) is 6.25. The molecule has 108 valence electrons. The van der Waals surface area contributed by atoms with Crippen molar-refractivity contribution in [3.05, 3.63) is 52.5 Å². The predicted octanol–water partition coefficient (Wildman–Crippen LogP) is 1.30. The van der Waals surface area contributed by atoms with E-state index in [1.54, 1.807) is 18.5 Å². The van der Waals surface area contributed by atoms with Crippen LogP contribution in [0.3, 0.4) is 0 Å². The maximum Gasteiger partial charge on any atom is 0.249 e. The number of carbonyl (C=O) groups is 2. The molecule has 0 fully saturated rings. The topological polar surface area (TPSA) is 83.5 Å². The summed E-state index contributed by atoms with van der Waals surface area (Å²) < 4.78 is 0. The Kier molecular flexibility index (Phi) is 5.60. The zero-order valence-corrected chi connectivity index (χ0v) is 12.0. The highest BCUT2D eigenvalue weighted by atomic mass is 32.1. The van der Waals surface area contributed by atoms with Crippen LogP contribution in [-0.2, 0) is 16.1 Å². The molecule has 2 aromatic rings. The average molecular weight is 302 g/mol. The lowest BCUT2D eigenvalue weighted by Crippen LogP contribution is -2.29. The van der Waals surface area contributed by atoms with E-state index < -0.39 is 5.91 Å². The lowest BCUT2D eigenvalue weighted by Gasteiger charge is -2.04. The summed E-state index contributed by atoms with van der Waals surface area (Å²) in [7, 11) is 0. The van der Waals surface area contributed by atoms with Crippen molar-refractivity contribution in [1.29, 1.82) is 0 Å². The van der Waals surface area contributed by atoms with Crippen LogP contribution in [0.4, 0.5) is 0 Å². The first-order chi connectivity index (χ1) is 10.2. The molecular weight excluding hydrogens is 288 g/mol. The fraction of sp³-hybridized carbons (Fsp3) is 0.143. The monoisotopic (exact) mass is 302 g/mol. The van der Waals surface area contributed by atoms with Crippen molar-refractivity contribution in [3.8, 4) is 0 Å². The zero-order valence-electron chi connectivity index (χ0n) is 11.2. The number of pyridine rings is 1. The van der Waals surface area contributed by atoms with Gasteiger partial charge in [-0.2, -0.15) is 5.10 Å². The van der Waals surface area contributed by atoms with E-state index in [1.807, 2.05) is 23.6 Å². The summed E-state index contributed by atoms with van der Waals surface area (Å²) in [5.74, 6) is -0.811. The van der Waals surface area contributed by atoms with E-state index in [2.05, 4.69) is 20.8 Å². The van der Waals surface area contributed by atoms with Crippen LogP contribution in [0.1, 0.15) is 16.9 Å². The number of nitrogens with zero attached hydrogens (tertiary/aromatic N) is 2. The Balaban J connectivity index is 1.68. The molecule has 0 aliphatic carbocycles. The highest BCUT2D eigenvalue weighted by Crippen LogP contribution is 2.04. The Morgan fingerprint density at radius 2 is 2.19 bits per heavy atom. The number of nitrogens with one attached hydrogen (secondary N) is 2. The quantitative estimate of drug-likeness (QED) is 0.479. The fourth-order valence-corrected chi connectivity index (χ4v) is 2.07. The first-order valence-corrected chi connectivity index (χ1v) is 7.13. The van der Waals surface area contributed by atoms with Gasteiger partial charge in [-0.05, 0) is 23.1 Å². The van der Waals surface area contributed by atoms with Gasteiger partial charge in [0, 0.05) is 23.8 Å². The van der Waals surface area contributed by atoms with Gasteiger partial charge in [0.05, 0.1) is 6.21 Å². The Labute approximate surface area is 125 Å². The smallest absolute Gasteiger partial charge is 0.249 e. The Morgan fingerprint density at radius 1 is 1.29 bits per heavy atom. The van der Waals surface area contributed by atoms with Crippen LogP contribution in [0.25, 0.3) is 0 Å². The predicted molar refractivity (Wildman–Crippen MR) is 80.8 cm³/mol.